The standard InChI is InChI=1S/C15H16N2O4/c1-10-4-2-3-5-12(10)14(19)16-7-6-11(8-16)17-13(18)9-21-15(17)20/h2-5,11H,6-9H2,1H3/t11-/m0/s1. The number of aryl methyl sites for hydroxylation is 1. The van der Waals surface area contributed by atoms with E-state index in [2.05, 4.69) is 0 Å². The van der Waals surface area contributed by atoms with Gasteiger partial charge in [0.1, 0.15) is 0 Å². The van der Waals surface area contributed by atoms with Crippen molar-refractivity contribution in [2.24, 2.45) is 0 Å². The summed E-state index contributed by atoms with van der Waals surface area (Å²) >= 11 is 0. The Bertz CT molecular complexity index is 597. The van der Waals surface area contributed by atoms with Crippen LogP contribution in [0.3, 0.4) is 0 Å². The number of ether oxygens (including phenoxy) is 1. The van der Waals surface area contributed by atoms with Gasteiger partial charge >= 0.3 is 6.09 Å². The smallest absolute Gasteiger partial charge is 0.417 e. The Labute approximate surface area is 122 Å². The molecule has 0 aliphatic carbocycles. The molecule has 2 aliphatic rings. The van der Waals surface area contributed by atoms with E-state index < -0.39 is 6.09 Å². The third kappa shape index (κ3) is 2.37. The average Bonchev–Trinajstić information content (AvgIpc) is 3.06. The highest BCUT2D eigenvalue weighted by atomic mass is 16.6. The molecular weight excluding hydrogens is 272 g/mol. The summed E-state index contributed by atoms with van der Waals surface area (Å²) in [6.07, 6.45) is -0.00598. The van der Waals surface area contributed by atoms with Crippen molar-refractivity contribution in [1.29, 1.82) is 0 Å². The highest BCUT2D eigenvalue weighted by Gasteiger charge is 2.41. The number of benzene rings is 1. The Morgan fingerprint density at radius 1 is 1.29 bits per heavy atom. The van der Waals surface area contributed by atoms with Crippen molar-refractivity contribution < 1.29 is 19.1 Å². The molecule has 1 aromatic rings. The van der Waals surface area contributed by atoms with Crippen molar-refractivity contribution in [2.45, 2.75) is 19.4 Å². The van der Waals surface area contributed by atoms with Gasteiger partial charge < -0.3 is 9.64 Å². The molecule has 21 heavy (non-hydrogen) atoms. The van der Waals surface area contributed by atoms with Gasteiger partial charge in [0.05, 0.1) is 6.04 Å². The number of carbonyl (C=O) groups is 3. The SMILES string of the molecule is Cc1ccccc1C(=O)N1CC[C@H](N2C(=O)COC2=O)C1. The lowest BCUT2D eigenvalue weighted by atomic mass is 10.1. The number of imide groups is 1. The first-order valence-corrected chi connectivity index (χ1v) is 6.91. The van der Waals surface area contributed by atoms with E-state index in [-0.39, 0.29) is 24.5 Å². The van der Waals surface area contributed by atoms with E-state index in [0.29, 0.717) is 25.1 Å². The number of cyclic esters (lactones) is 1. The molecule has 3 rings (SSSR count). The molecule has 0 N–H and O–H groups in total. The fraction of sp³-hybridized carbons (Fsp3) is 0.400. The molecule has 0 bridgehead atoms. The second-order valence-corrected chi connectivity index (χ2v) is 5.33. The summed E-state index contributed by atoms with van der Waals surface area (Å²) < 4.78 is 4.72. The number of amides is 3. The monoisotopic (exact) mass is 288 g/mol. The van der Waals surface area contributed by atoms with Gasteiger partial charge in [-0.2, -0.15) is 0 Å². The largest absolute Gasteiger partial charge is 0.439 e. The van der Waals surface area contributed by atoms with E-state index in [1.54, 1.807) is 11.0 Å². The molecule has 2 heterocycles. The predicted molar refractivity (Wildman–Crippen MR) is 73.7 cm³/mol. The zero-order valence-corrected chi connectivity index (χ0v) is 11.7. The summed E-state index contributed by atoms with van der Waals surface area (Å²) in [5.41, 5.74) is 1.58. The highest BCUT2D eigenvalue weighted by molar-refractivity contribution is 5.99. The number of carbonyl (C=O) groups excluding carboxylic acids is 3. The summed E-state index contributed by atoms with van der Waals surface area (Å²) in [5.74, 6) is -0.384. The van der Waals surface area contributed by atoms with Crippen LogP contribution in [-0.2, 0) is 9.53 Å². The Kier molecular flexibility index (Phi) is 3.37. The Morgan fingerprint density at radius 2 is 2.05 bits per heavy atom. The van der Waals surface area contributed by atoms with E-state index in [1.807, 2.05) is 25.1 Å². The van der Waals surface area contributed by atoms with Crippen LogP contribution in [0.4, 0.5) is 4.79 Å². The quantitative estimate of drug-likeness (QED) is 0.820. The molecule has 3 amide bonds. The molecular formula is C15H16N2O4. The fourth-order valence-electron chi connectivity index (χ4n) is 2.84. The van der Waals surface area contributed by atoms with E-state index in [9.17, 15) is 14.4 Å². The van der Waals surface area contributed by atoms with Gasteiger partial charge in [-0.1, -0.05) is 18.2 Å². The van der Waals surface area contributed by atoms with Gasteiger partial charge in [-0.3, -0.25) is 9.59 Å². The lowest BCUT2D eigenvalue weighted by Crippen LogP contribution is -2.42. The fourth-order valence-corrected chi connectivity index (χ4v) is 2.84. The number of hydrogen-bond donors (Lipinski definition) is 0. The first-order chi connectivity index (χ1) is 10.1. The minimum atomic E-state index is -0.602. The van der Waals surface area contributed by atoms with Crippen molar-refractivity contribution >= 4 is 17.9 Å². The minimum absolute atomic E-state index is 0.0596. The topological polar surface area (TPSA) is 66.9 Å². The Morgan fingerprint density at radius 3 is 2.71 bits per heavy atom. The first kappa shape index (κ1) is 13.6. The normalized spacial score (nSPS) is 21.9. The summed E-state index contributed by atoms with van der Waals surface area (Å²) in [5, 5.41) is 0. The minimum Gasteiger partial charge on any atom is -0.439 e. The molecule has 6 nitrogen and oxygen atoms in total. The molecule has 0 unspecified atom stereocenters. The van der Waals surface area contributed by atoms with Crippen LogP contribution in [0.15, 0.2) is 24.3 Å². The molecule has 0 saturated carbocycles. The molecule has 0 aromatic heterocycles. The van der Waals surface area contributed by atoms with E-state index >= 15 is 0 Å². The van der Waals surface area contributed by atoms with Crippen LogP contribution < -0.4 is 0 Å². The van der Waals surface area contributed by atoms with Crippen LogP contribution in [0.2, 0.25) is 0 Å². The van der Waals surface area contributed by atoms with E-state index in [1.165, 1.54) is 0 Å². The number of likely N-dealkylation sites (tertiary alicyclic amines) is 1. The molecule has 2 aliphatic heterocycles. The first-order valence-electron chi connectivity index (χ1n) is 6.91. The van der Waals surface area contributed by atoms with Crippen LogP contribution in [0.1, 0.15) is 22.3 Å². The third-order valence-electron chi connectivity index (χ3n) is 3.98. The lowest BCUT2D eigenvalue weighted by molar-refractivity contribution is -0.127. The van der Waals surface area contributed by atoms with Crippen molar-refractivity contribution in [3.8, 4) is 0 Å². The van der Waals surface area contributed by atoms with E-state index in [4.69, 9.17) is 4.74 Å². The zero-order chi connectivity index (χ0) is 15.0. The Balaban J connectivity index is 1.73. The maximum atomic E-state index is 12.5. The van der Waals surface area contributed by atoms with Crippen LogP contribution in [-0.4, -0.2) is 53.4 Å². The van der Waals surface area contributed by atoms with Crippen LogP contribution in [0, 0.1) is 6.92 Å². The molecule has 0 spiro atoms. The molecule has 1 aromatic carbocycles. The van der Waals surface area contributed by atoms with Crippen LogP contribution >= 0.6 is 0 Å². The number of hydrogen-bond acceptors (Lipinski definition) is 4. The molecule has 110 valence electrons. The molecule has 0 radical (unpaired) electrons. The summed E-state index contributed by atoms with van der Waals surface area (Å²) in [6.45, 7) is 2.60. The predicted octanol–water partition coefficient (Wildman–Crippen LogP) is 1.19. The average molecular weight is 288 g/mol. The van der Waals surface area contributed by atoms with Gasteiger partial charge in [-0.25, -0.2) is 9.69 Å². The second-order valence-electron chi connectivity index (χ2n) is 5.33. The molecule has 2 saturated heterocycles. The molecule has 6 heteroatoms. The molecule has 1 atom stereocenters. The lowest BCUT2D eigenvalue weighted by Gasteiger charge is -2.21. The van der Waals surface area contributed by atoms with E-state index in [0.717, 1.165) is 10.5 Å². The summed E-state index contributed by atoms with van der Waals surface area (Å²) in [6, 6.07) is 7.12. The van der Waals surface area contributed by atoms with Crippen molar-refractivity contribution in [2.75, 3.05) is 19.7 Å². The van der Waals surface area contributed by atoms with Gasteiger partial charge in [0, 0.05) is 18.7 Å². The maximum absolute atomic E-state index is 12.5. The van der Waals surface area contributed by atoms with Gasteiger partial charge in [0.25, 0.3) is 11.8 Å². The summed E-state index contributed by atoms with van der Waals surface area (Å²) in [4.78, 5) is 38.5. The highest BCUT2D eigenvalue weighted by Crippen LogP contribution is 2.22. The van der Waals surface area contributed by atoms with Gasteiger partial charge in [0.15, 0.2) is 6.61 Å². The van der Waals surface area contributed by atoms with Crippen molar-refractivity contribution in [3.63, 3.8) is 0 Å². The van der Waals surface area contributed by atoms with Crippen molar-refractivity contribution in [3.05, 3.63) is 35.4 Å². The Hall–Kier alpha value is -2.37. The van der Waals surface area contributed by atoms with Gasteiger partial charge in [-0.05, 0) is 25.0 Å². The maximum Gasteiger partial charge on any atom is 0.417 e. The number of nitrogens with zero attached hydrogens (tertiary/aromatic N) is 2. The van der Waals surface area contributed by atoms with Crippen molar-refractivity contribution in [1.82, 2.24) is 9.80 Å². The summed E-state index contributed by atoms with van der Waals surface area (Å²) in [7, 11) is 0. The van der Waals surface area contributed by atoms with Gasteiger partial charge in [0.2, 0.25) is 0 Å². The van der Waals surface area contributed by atoms with Gasteiger partial charge in [-0.15, -0.1) is 0 Å². The zero-order valence-electron chi connectivity index (χ0n) is 11.7. The second kappa shape index (κ2) is 5.20. The number of rotatable bonds is 2. The van der Waals surface area contributed by atoms with Crippen LogP contribution in [0.25, 0.3) is 0 Å². The van der Waals surface area contributed by atoms with Crippen LogP contribution in [0.5, 0.6) is 0 Å². The molecule has 2 fully saturated rings. The third-order valence-corrected chi connectivity index (χ3v) is 3.98.